The fourth-order valence-corrected chi connectivity index (χ4v) is 3.05. The summed E-state index contributed by atoms with van der Waals surface area (Å²) in [6.45, 7) is 3.89. The monoisotopic (exact) mass is 468 g/mol. The maximum atomic E-state index is 12.1. The lowest BCUT2D eigenvalue weighted by atomic mass is 10.2. The minimum atomic E-state index is -0.297. The number of hydrogen-bond acceptors (Lipinski definition) is 4. The van der Waals surface area contributed by atoms with Gasteiger partial charge in [0, 0.05) is 4.47 Å². The molecule has 0 unspecified atom stereocenters. The molecule has 25 heavy (non-hydrogen) atoms. The minimum Gasteiger partial charge on any atom is -0.493 e. The highest BCUT2D eigenvalue weighted by Gasteiger charge is 2.13. The molecule has 0 atom stereocenters. The van der Waals surface area contributed by atoms with Gasteiger partial charge >= 0.3 is 0 Å². The van der Waals surface area contributed by atoms with Gasteiger partial charge in [0.2, 0.25) is 0 Å². The Kier molecular flexibility index (Phi) is 7.01. The minimum absolute atomic E-state index is 0.0216. The second-order valence-electron chi connectivity index (χ2n) is 5.38. The van der Waals surface area contributed by atoms with Gasteiger partial charge in [-0.2, -0.15) is 5.10 Å². The molecule has 5 nitrogen and oxygen atoms in total. The largest absolute Gasteiger partial charge is 0.493 e. The number of methoxy groups -OCH3 is 1. The molecule has 0 saturated heterocycles. The first-order chi connectivity index (χ1) is 11.9. The van der Waals surface area contributed by atoms with Crippen molar-refractivity contribution in [3.63, 3.8) is 0 Å². The molecule has 2 aromatic rings. The molecule has 0 radical (unpaired) electrons. The van der Waals surface area contributed by atoms with E-state index in [-0.39, 0.29) is 12.0 Å². The number of rotatable bonds is 6. The topological polar surface area (TPSA) is 59.9 Å². The van der Waals surface area contributed by atoms with E-state index >= 15 is 0 Å². The second kappa shape index (κ2) is 9.01. The molecule has 0 saturated carbocycles. The lowest BCUT2D eigenvalue weighted by Gasteiger charge is -2.15. The van der Waals surface area contributed by atoms with Gasteiger partial charge in [-0.05, 0) is 75.5 Å². The lowest BCUT2D eigenvalue weighted by Crippen LogP contribution is -2.18. The zero-order valence-corrected chi connectivity index (χ0v) is 17.2. The summed E-state index contributed by atoms with van der Waals surface area (Å²) in [6, 6.07) is 10.8. The summed E-state index contributed by atoms with van der Waals surface area (Å²) in [5.74, 6) is 0.920. The van der Waals surface area contributed by atoms with E-state index in [0.717, 1.165) is 10.0 Å². The Morgan fingerprint density at radius 2 is 1.92 bits per heavy atom. The highest BCUT2D eigenvalue weighted by atomic mass is 79.9. The van der Waals surface area contributed by atoms with Crippen molar-refractivity contribution < 1.29 is 14.3 Å². The van der Waals surface area contributed by atoms with Crippen LogP contribution in [-0.2, 0) is 0 Å². The van der Waals surface area contributed by atoms with E-state index < -0.39 is 0 Å². The Bertz CT molecular complexity index is 792. The quantitative estimate of drug-likeness (QED) is 0.489. The van der Waals surface area contributed by atoms with Gasteiger partial charge in [-0.3, -0.25) is 4.79 Å². The van der Waals surface area contributed by atoms with Crippen LogP contribution < -0.4 is 14.9 Å². The summed E-state index contributed by atoms with van der Waals surface area (Å²) in [6.07, 6.45) is 1.56. The van der Waals surface area contributed by atoms with Gasteiger partial charge in [0.1, 0.15) is 0 Å². The molecular formula is C18H18Br2N2O3. The van der Waals surface area contributed by atoms with Crippen LogP contribution in [-0.4, -0.2) is 25.3 Å². The van der Waals surface area contributed by atoms with Gasteiger partial charge in [-0.25, -0.2) is 5.43 Å². The zero-order valence-electron chi connectivity index (χ0n) is 14.0. The molecule has 0 heterocycles. The molecule has 1 N–H and O–H groups in total. The Balaban J connectivity index is 2.14. The number of nitrogens with zero attached hydrogens (tertiary/aromatic N) is 1. The number of benzene rings is 2. The number of amides is 1. The van der Waals surface area contributed by atoms with Crippen molar-refractivity contribution in [3.05, 3.63) is 56.5 Å². The standard InChI is InChI=1S/C18H18Br2N2O3/c1-11(2)25-17-15(20)8-12(9-16(17)24-3)10-21-22-18(23)13-6-4-5-7-14(13)19/h4-11H,1-3H3,(H,22,23)/b21-10-. The summed E-state index contributed by atoms with van der Waals surface area (Å²) in [4.78, 5) is 12.1. The Hall–Kier alpha value is -1.86. The third-order valence-corrected chi connectivity index (χ3v) is 4.38. The first-order valence-electron chi connectivity index (χ1n) is 7.54. The van der Waals surface area contributed by atoms with Crippen molar-refractivity contribution in [1.82, 2.24) is 5.43 Å². The van der Waals surface area contributed by atoms with E-state index in [4.69, 9.17) is 9.47 Å². The zero-order chi connectivity index (χ0) is 18.4. The average Bonchev–Trinajstić information content (AvgIpc) is 2.57. The summed E-state index contributed by atoms with van der Waals surface area (Å²) < 4.78 is 12.6. The van der Waals surface area contributed by atoms with E-state index in [9.17, 15) is 4.79 Å². The molecule has 0 aromatic heterocycles. The van der Waals surface area contributed by atoms with Crippen LogP contribution in [0.25, 0.3) is 0 Å². The smallest absolute Gasteiger partial charge is 0.272 e. The highest BCUT2D eigenvalue weighted by Crippen LogP contribution is 2.36. The predicted molar refractivity (Wildman–Crippen MR) is 106 cm³/mol. The highest BCUT2D eigenvalue weighted by molar-refractivity contribution is 9.10. The Morgan fingerprint density at radius 3 is 2.56 bits per heavy atom. The molecule has 132 valence electrons. The number of hydrogen-bond donors (Lipinski definition) is 1. The van der Waals surface area contributed by atoms with Crippen LogP contribution in [0.15, 0.2) is 50.4 Å². The summed E-state index contributed by atoms with van der Waals surface area (Å²) in [7, 11) is 1.57. The third kappa shape index (κ3) is 5.31. The molecule has 0 aliphatic carbocycles. The van der Waals surface area contributed by atoms with Gasteiger partial charge < -0.3 is 9.47 Å². The number of carbonyl (C=O) groups excluding carboxylic acids is 1. The number of carbonyl (C=O) groups is 1. The van der Waals surface area contributed by atoms with Crippen molar-refractivity contribution in [2.24, 2.45) is 5.10 Å². The molecule has 0 fully saturated rings. The Morgan fingerprint density at radius 1 is 1.20 bits per heavy atom. The molecule has 0 spiro atoms. The fraction of sp³-hybridized carbons (Fsp3) is 0.222. The molecular weight excluding hydrogens is 452 g/mol. The van der Waals surface area contributed by atoms with Gasteiger partial charge in [0.25, 0.3) is 5.91 Å². The second-order valence-corrected chi connectivity index (χ2v) is 7.09. The molecule has 2 aromatic carbocycles. The van der Waals surface area contributed by atoms with E-state index in [2.05, 4.69) is 42.4 Å². The first-order valence-corrected chi connectivity index (χ1v) is 9.13. The molecule has 0 aliphatic heterocycles. The molecule has 0 aliphatic rings. The van der Waals surface area contributed by atoms with Gasteiger partial charge in [0.05, 0.1) is 29.5 Å². The fourth-order valence-electron chi connectivity index (χ4n) is 2.04. The van der Waals surface area contributed by atoms with E-state index in [0.29, 0.717) is 21.5 Å². The molecule has 1 amide bonds. The summed E-state index contributed by atoms with van der Waals surface area (Å²) in [5.41, 5.74) is 3.77. The van der Waals surface area contributed by atoms with Crippen LogP contribution in [0.3, 0.4) is 0 Å². The maximum Gasteiger partial charge on any atom is 0.272 e. The van der Waals surface area contributed by atoms with Crippen LogP contribution >= 0.6 is 31.9 Å². The van der Waals surface area contributed by atoms with Crippen molar-refractivity contribution in [2.45, 2.75) is 20.0 Å². The van der Waals surface area contributed by atoms with Gasteiger partial charge in [-0.15, -0.1) is 0 Å². The van der Waals surface area contributed by atoms with Crippen molar-refractivity contribution in [3.8, 4) is 11.5 Å². The number of ether oxygens (including phenoxy) is 2. The van der Waals surface area contributed by atoms with Gasteiger partial charge in [-0.1, -0.05) is 12.1 Å². The van der Waals surface area contributed by atoms with E-state index in [1.165, 1.54) is 0 Å². The molecule has 0 bridgehead atoms. The van der Waals surface area contributed by atoms with Crippen molar-refractivity contribution >= 4 is 44.0 Å². The van der Waals surface area contributed by atoms with Crippen LogP contribution in [0.1, 0.15) is 29.8 Å². The number of hydrazone groups is 1. The Labute approximate surface area is 163 Å². The normalized spacial score (nSPS) is 11.0. The van der Waals surface area contributed by atoms with Crippen LogP contribution in [0.4, 0.5) is 0 Å². The van der Waals surface area contributed by atoms with Crippen LogP contribution in [0.5, 0.6) is 11.5 Å². The SMILES string of the molecule is COc1cc(/C=N\NC(=O)c2ccccc2Br)cc(Br)c1OC(C)C. The number of nitrogens with one attached hydrogen (secondary N) is 1. The van der Waals surface area contributed by atoms with Crippen LogP contribution in [0, 0.1) is 0 Å². The summed E-state index contributed by atoms with van der Waals surface area (Å²) in [5, 5.41) is 4.00. The maximum absolute atomic E-state index is 12.1. The number of halogens is 2. The predicted octanol–water partition coefficient (Wildman–Crippen LogP) is 4.77. The first kappa shape index (κ1) is 19.5. The van der Waals surface area contributed by atoms with Gasteiger partial charge in [0.15, 0.2) is 11.5 Å². The lowest BCUT2D eigenvalue weighted by molar-refractivity contribution is 0.0954. The van der Waals surface area contributed by atoms with Crippen molar-refractivity contribution in [2.75, 3.05) is 7.11 Å². The van der Waals surface area contributed by atoms with E-state index in [1.807, 2.05) is 26.0 Å². The average molecular weight is 470 g/mol. The molecule has 2 rings (SSSR count). The third-order valence-electron chi connectivity index (χ3n) is 3.10. The van der Waals surface area contributed by atoms with Crippen LogP contribution in [0.2, 0.25) is 0 Å². The van der Waals surface area contributed by atoms with Crippen molar-refractivity contribution in [1.29, 1.82) is 0 Å². The van der Waals surface area contributed by atoms with E-state index in [1.54, 1.807) is 37.6 Å². The molecule has 7 heteroatoms. The summed E-state index contributed by atoms with van der Waals surface area (Å²) >= 11 is 6.81.